The third kappa shape index (κ3) is 5.35. The average Bonchev–Trinajstić information content (AvgIpc) is 3.65. The number of hydrogen-bond acceptors (Lipinski definition) is 5. The zero-order chi connectivity index (χ0) is 28.1. The number of carbonyl (C=O) groups is 1. The molecule has 4 heterocycles. The Kier molecular flexibility index (Phi) is 7.33. The second kappa shape index (κ2) is 10.6. The Labute approximate surface area is 232 Å². The monoisotopic (exact) mass is 577 g/mol. The van der Waals surface area contributed by atoms with E-state index in [0.717, 1.165) is 30.0 Å². The van der Waals surface area contributed by atoms with Gasteiger partial charge in [-0.05, 0) is 68.4 Å². The molecule has 0 saturated carbocycles. The van der Waals surface area contributed by atoms with Crippen LogP contribution in [0.4, 0.5) is 13.2 Å². The Hall–Kier alpha value is -2.63. The average molecular weight is 578 g/mol. The van der Waals surface area contributed by atoms with Crippen molar-refractivity contribution in [3.05, 3.63) is 59.2 Å². The molecule has 6 rings (SSSR count). The third-order valence-electron chi connectivity index (χ3n) is 8.93. The molecule has 2 aromatic carbocycles. The normalized spacial score (nSPS) is 27.0. The molecule has 7 nitrogen and oxygen atoms in total. The molecule has 0 aromatic heterocycles. The van der Waals surface area contributed by atoms with Gasteiger partial charge in [0.05, 0.1) is 23.1 Å². The van der Waals surface area contributed by atoms with Crippen LogP contribution in [0.5, 0.6) is 5.75 Å². The van der Waals surface area contributed by atoms with Crippen LogP contribution in [0.3, 0.4) is 0 Å². The number of nitrogens with one attached hydrogen (secondary N) is 1. The summed E-state index contributed by atoms with van der Waals surface area (Å²) in [6.07, 6.45) is 2.02. The van der Waals surface area contributed by atoms with E-state index in [4.69, 9.17) is 4.74 Å². The maximum atomic E-state index is 13.3. The van der Waals surface area contributed by atoms with Crippen LogP contribution in [-0.4, -0.2) is 54.8 Å². The Morgan fingerprint density at radius 3 is 2.48 bits per heavy atom. The summed E-state index contributed by atoms with van der Waals surface area (Å²) in [5.41, 5.74) is 1.09. The molecule has 2 aromatic rings. The van der Waals surface area contributed by atoms with Crippen LogP contribution < -0.4 is 10.1 Å². The van der Waals surface area contributed by atoms with E-state index in [-0.39, 0.29) is 24.9 Å². The molecule has 2 unspecified atom stereocenters. The number of sulfonamides is 1. The Morgan fingerprint density at radius 1 is 1.00 bits per heavy atom. The molecule has 4 aliphatic heterocycles. The van der Waals surface area contributed by atoms with Crippen LogP contribution in [0.15, 0.2) is 47.4 Å². The third-order valence-corrected chi connectivity index (χ3v) is 10.9. The minimum Gasteiger partial charge on any atom is -0.493 e. The van der Waals surface area contributed by atoms with Crippen LogP contribution in [0.2, 0.25) is 0 Å². The van der Waals surface area contributed by atoms with Gasteiger partial charge >= 0.3 is 6.18 Å². The van der Waals surface area contributed by atoms with Crippen LogP contribution in [-0.2, 0) is 27.5 Å². The zero-order valence-electron chi connectivity index (χ0n) is 22.2. The predicted octanol–water partition coefficient (Wildman–Crippen LogP) is 5.02. The molecular weight excluding hydrogens is 543 g/mol. The molecule has 0 aliphatic carbocycles. The lowest BCUT2D eigenvalue weighted by atomic mass is 9.98. The minimum absolute atomic E-state index is 0.0549. The quantitative estimate of drug-likeness (QED) is 0.500. The number of amides is 1. The van der Waals surface area contributed by atoms with Gasteiger partial charge in [0.15, 0.2) is 0 Å². The summed E-state index contributed by atoms with van der Waals surface area (Å²) in [7, 11) is -4.19. The fraction of sp³-hybridized carbons (Fsp3) is 0.552. The highest BCUT2D eigenvalue weighted by Gasteiger charge is 2.40. The summed E-state index contributed by atoms with van der Waals surface area (Å²) in [6, 6.07) is 10.5. The van der Waals surface area contributed by atoms with Crippen LogP contribution in [0.25, 0.3) is 0 Å². The molecular formula is C29H34F3N3O4S. The molecule has 0 spiro atoms. The second-order valence-corrected chi connectivity index (χ2v) is 13.3. The number of carbonyl (C=O) groups excluding carboxylic acids is 1. The molecule has 4 aliphatic rings. The number of benzene rings is 2. The first-order valence-corrected chi connectivity index (χ1v) is 15.5. The molecule has 3 fully saturated rings. The van der Waals surface area contributed by atoms with Crippen molar-refractivity contribution in [3.8, 4) is 5.75 Å². The number of rotatable bonds is 7. The van der Waals surface area contributed by atoms with E-state index >= 15 is 0 Å². The first kappa shape index (κ1) is 27.5. The van der Waals surface area contributed by atoms with Crippen molar-refractivity contribution in [1.82, 2.24) is 14.5 Å². The van der Waals surface area contributed by atoms with Gasteiger partial charge in [-0.15, -0.1) is 0 Å². The van der Waals surface area contributed by atoms with Gasteiger partial charge in [-0.1, -0.05) is 18.2 Å². The highest BCUT2D eigenvalue weighted by Crippen LogP contribution is 2.40. The number of alkyl halides is 3. The summed E-state index contributed by atoms with van der Waals surface area (Å²) in [5.74, 6) is 0.488. The Bertz CT molecular complexity index is 1360. The van der Waals surface area contributed by atoms with E-state index < -0.39 is 32.7 Å². The van der Waals surface area contributed by atoms with Crippen molar-refractivity contribution < 1.29 is 31.1 Å². The lowest BCUT2D eigenvalue weighted by Gasteiger charge is -2.29. The van der Waals surface area contributed by atoms with Gasteiger partial charge in [0, 0.05) is 49.6 Å². The van der Waals surface area contributed by atoms with Crippen molar-refractivity contribution >= 4 is 15.9 Å². The highest BCUT2D eigenvalue weighted by molar-refractivity contribution is 7.89. The summed E-state index contributed by atoms with van der Waals surface area (Å²) >= 11 is 0. The van der Waals surface area contributed by atoms with Crippen molar-refractivity contribution in [2.24, 2.45) is 0 Å². The van der Waals surface area contributed by atoms with Crippen molar-refractivity contribution in [2.45, 2.75) is 93.2 Å². The summed E-state index contributed by atoms with van der Waals surface area (Å²) in [4.78, 5) is 15.3. The highest BCUT2D eigenvalue weighted by atomic mass is 32.2. The molecule has 3 saturated heterocycles. The number of fused-ring (bicyclic) bond motifs is 3. The van der Waals surface area contributed by atoms with Gasteiger partial charge in [-0.3, -0.25) is 9.69 Å². The second-order valence-electron chi connectivity index (χ2n) is 11.4. The number of nitrogens with zero attached hydrogens (tertiary/aromatic N) is 2. The molecule has 2 atom stereocenters. The summed E-state index contributed by atoms with van der Waals surface area (Å²) < 4.78 is 73.2. The summed E-state index contributed by atoms with van der Waals surface area (Å²) in [6.45, 7) is 1.54. The molecule has 216 valence electrons. The SMILES string of the molecule is O=C(CC1CCCN1S(=O)(=O)c1cccc(C(F)(F)F)c1)NC1CCOc2cc(CN3C4CCC3CC4)ccc21. The van der Waals surface area contributed by atoms with Crippen molar-refractivity contribution in [3.63, 3.8) is 0 Å². The first-order valence-electron chi connectivity index (χ1n) is 14.1. The first-order chi connectivity index (χ1) is 19.1. The Morgan fingerprint density at radius 2 is 1.75 bits per heavy atom. The molecule has 40 heavy (non-hydrogen) atoms. The largest absolute Gasteiger partial charge is 0.493 e. The van der Waals surface area contributed by atoms with E-state index in [0.29, 0.717) is 44.0 Å². The van der Waals surface area contributed by atoms with Crippen molar-refractivity contribution in [2.75, 3.05) is 13.2 Å². The van der Waals surface area contributed by atoms with Gasteiger partial charge in [0.2, 0.25) is 15.9 Å². The smallest absolute Gasteiger partial charge is 0.416 e. The van der Waals surface area contributed by atoms with E-state index in [1.165, 1.54) is 41.6 Å². The lowest BCUT2D eigenvalue weighted by molar-refractivity contribution is -0.137. The summed E-state index contributed by atoms with van der Waals surface area (Å²) in [5, 5.41) is 3.06. The topological polar surface area (TPSA) is 79.0 Å². The molecule has 1 amide bonds. The number of ether oxygens (including phenoxy) is 1. The van der Waals surface area contributed by atoms with Gasteiger partial charge in [0.1, 0.15) is 5.75 Å². The van der Waals surface area contributed by atoms with Gasteiger partial charge in [0.25, 0.3) is 0 Å². The fourth-order valence-corrected chi connectivity index (χ4v) is 8.68. The minimum atomic E-state index is -4.65. The molecule has 11 heteroatoms. The maximum absolute atomic E-state index is 13.3. The number of halogens is 3. The number of hydrogen-bond donors (Lipinski definition) is 1. The predicted molar refractivity (Wildman–Crippen MR) is 142 cm³/mol. The van der Waals surface area contributed by atoms with E-state index in [9.17, 15) is 26.4 Å². The molecule has 0 radical (unpaired) electrons. The lowest BCUT2D eigenvalue weighted by Crippen LogP contribution is -2.40. The van der Waals surface area contributed by atoms with Gasteiger partial charge < -0.3 is 10.1 Å². The van der Waals surface area contributed by atoms with Gasteiger partial charge in [-0.2, -0.15) is 17.5 Å². The van der Waals surface area contributed by atoms with E-state index in [1.807, 2.05) is 6.07 Å². The van der Waals surface area contributed by atoms with Crippen molar-refractivity contribution in [1.29, 1.82) is 0 Å². The molecule has 2 bridgehead atoms. The van der Waals surface area contributed by atoms with Crippen LogP contribution in [0, 0.1) is 0 Å². The fourth-order valence-electron chi connectivity index (χ4n) is 6.94. The van der Waals surface area contributed by atoms with Crippen LogP contribution in [0.1, 0.15) is 74.1 Å². The van der Waals surface area contributed by atoms with Gasteiger partial charge in [-0.25, -0.2) is 8.42 Å². The molecule has 1 N–H and O–H groups in total. The zero-order valence-corrected chi connectivity index (χ0v) is 23.0. The van der Waals surface area contributed by atoms with Crippen LogP contribution >= 0.6 is 0 Å². The van der Waals surface area contributed by atoms with E-state index in [2.05, 4.69) is 22.3 Å². The standard InChI is InChI=1S/C29H34F3N3O4S/c30-29(31,32)20-3-1-5-24(16-20)40(37,38)35-13-2-4-23(35)17-28(36)33-26-12-14-39-27-15-19(6-11-25(26)27)18-34-21-7-8-22(34)10-9-21/h1,3,5-6,11,15-16,21-23,26H,2,4,7-10,12-14,17-18H2,(H,33,36). The Balaban J connectivity index is 1.11. The van der Waals surface area contributed by atoms with E-state index in [1.54, 1.807) is 0 Å². The maximum Gasteiger partial charge on any atom is 0.416 e.